The third-order valence-electron chi connectivity index (χ3n) is 2.39. The third kappa shape index (κ3) is 2.37. The second-order valence-electron chi connectivity index (χ2n) is 3.53. The van der Waals surface area contributed by atoms with Gasteiger partial charge in [0.1, 0.15) is 11.6 Å². The predicted molar refractivity (Wildman–Crippen MR) is 71.6 cm³/mol. The Kier molecular flexibility index (Phi) is 3.92. The highest BCUT2D eigenvalue weighted by atomic mass is 79.9. The Bertz CT molecular complexity index is 573. The van der Waals surface area contributed by atoms with Gasteiger partial charge in [-0.1, -0.05) is 12.1 Å². The lowest BCUT2D eigenvalue weighted by Crippen LogP contribution is -2.07. The van der Waals surface area contributed by atoms with Gasteiger partial charge in [0.25, 0.3) is 0 Å². The highest BCUT2D eigenvalue weighted by molar-refractivity contribution is 9.10. The summed E-state index contributed by atoms with van der Waals surface area (Å²) in [6.07, 6.45) is 0. The van der Waals surface area contributed by atoms with E-state index in [1.807, 2.05) is 0 Å². The molecule has 0 atom stereocenters. The Morgan fingerprint density at radius 1 is 0.833 bits per heavy atom. The molecule has 0 fully saturated rings. The van der Waals surface area contributed by atoms with Crippen molar-refractivity contribution in [1.82, 2.24) is 0 Å². The Morgan fingerprint density at radius 2 is 1.22 bits per heavy atom. The van der Waals surface area contributed by atoms with Gasteiger partial charge in [0, 0.05) is 0 Å². The van der Waals surface area contributed by atoms with Gasteiger partial charge in [-0.25, -0.2) is 8.78 Å². The second kappa shape index (κ2) is 5.28. The van der Waals surface area contributed by atoms with E-state index in [1.165, 1.54) is 36.4 Å². The van der Waals surface area contributed by atoms with Crippen LogP contribution in [0.15, 0.2) is 45.3 Å². The summed E-state index contributed by atoms with van der Waals surface area (Å²) < 4.78 is 27.9. The topological polar surface area (TPSA) is 17.1 Å². The number of rotatable bonds is 2. The summed E-state index contributed by atoms with van der Waals surface area (Å²) in [5.41, 5.74) is -0.331. The van der Waals surface area contributed by atoms with E-state index >= 15 is 0 Å². The number of hydrogen-bond donors (Lipinski definition) is 0. The van der Waals surface area contributed by atoms with Crippen LogP contribution in [0.25, 0.3) is 0 Å². The molecule has 0 heterocycles. The fourth-order valence-electron chi connectivity index (χ4n) is 1.50. The predicted octanol–water partition coefficient (Wildman–Crippen LogP) is 4.72. The van der Waals surface area contributed by atoms with E-state index in [-0.39, 0.29) is 20.1 Å². The first-order valence-corrected chi connectivity index (χ1v) is 6.53. The summed E-state index contributed by atoms with van der Waals surface area (Å²) >= 11 is 5.98. The van der Waals surface area contributed by atoms with Crippen molar-refractivity contribution in [1.29, 1.82) is 0 Å². The van der Waals surface area contributed by atoms with Crippen molar-refractivity contribution in [2.75, 3.05) is 0 Å². The van der Waals surface area contributed by atoms with Gasteiger partial charge in [0.05, 0.1) is 20.1 Å². The maximum atomic E-state index is 13.8. The van der Waals surface area contributed by atoms with Crippen molar-refractivity contribution in [2.24, 2.45) is 0 Å². The summed E-state index contributed by atoms with van der Waals surface area (Å²) in [6.45, 7) is 0. The molecule has 0 saturated carbocycles. The zero-order valence-corrected chi connectivity index (χ0v) is 12.1. The van der Waals surface area contributed by atoms with Crippen LogP contribution in [0.5, 0.6) is 0 Å². The van der Waals surface area contributed by atoms with E-state index < -0.39 is 17.4 Å². The van der Waals surface area contributed by atoms with Gasteiger partial charge in [-0.05, 0) is 56.1 Å². The summed E-state index contributed by atoms with van der Waals surface area (Å²) in [7, 11) is 0. The summed E-state index contributed by atoms with van der Waals surface area (Å²) in [5.74, 6) is -2.07. The van der Waals surface area contributed by atoms with E-state index in [1.54, 1.807) is 0 Å². The lowest BCUT2D eigenvalue weighted by molar-refractivity contribution is 0.103. The van der Waals surface area contributed by atoms with Crippen LogP contribution in [0.1, 0.15) is 15.9 Å². The van der Waals surface area contributed by atoms with E-state index in [0.29, 0.717) is 0 Å². The fourth-order valence-corrected chi connectivity index (χ4v) is 2.24. The number of halogens is 4. The van der Waals surface area contributed by atoms with Crippen LogP contribution in [0.4, 0.5) is 8.78 Å². The molecule has 0 bridgehead atoms. The standard InChI is InChI=1S/C13H6Br2F2O/c14-9-5-1-3-7(11(9)16)13(18)8-4-2-6-10(15)12(8)17/h1-6H. The van der Waals surface area contributed by atoms with Gasteiger partial charge in [-0.2, -0.15) is 0 Å². The number of hydrogen-bond acceptors (Lipinski definition) is 1. The number of benzene rings is 2. The molecule has 0 aliphatic carbocycles. The van der Waals surface area contributed by atoms with E-state index in [0.717, 1.165) is 0 Å². The van der Waals surface area contributed by atoms with Crippen molar-refractivity contribution in [2.45, 2.75) is 0 Å². The van der Waals surface area contributed by atoms with Crippen LogP contribution in [0.3, 0.4) is 0 Å². The highest BCUT2D eigenvalue weighted by Gasteiger charge is 2.19. The molecule has 0 spiro atoms. The molecule has 2 aromatic carbocycles. The zero-order valence-electron chi connectivity index (χ0n) is 8.88. The second-order valence-corrected chi connectivity index (χ2v) is 5.24. The minimum atomic E-state index is -0.693. The molecule has 92 valence electrons. The molecule has 2 rings (SSSR count). The highest BCUT2D eigenvalue weighted by Crippen LogP contribution is 2.24. The molecule has 18 heavy (non-hydrogen) atoms. The van der Waals surface area contributed by atoms with Crippen LogP contribution in [0, 0.1) is 11.6 Å². The van der Waals surface area contributed by atoms with Crippen LogP contribution < -0.4 is 0 Å². The molecule has 0 aromatic heterocycles. The fraction of sp³-hybridized carbons (Fsp3) is 0. The molecule has 0 amide bonds. The van der Waals surface area contributed by atoms with Crippen molar-refractivity contribution in [3.63, 3.8) is 0 Å². The van der Waals surface area contributed by atoms with Crippen molar-refractivity contribution in [3.8, 4) is 0 Å². The number of ketones is 1. The largest absolute Gasteiger partial charge is 0.288 e. The summed E-state index contributed by atoms with van der Waals surface area (Å²) in [6, 6.07) is 8.64. The zero-order chi connectivity index (χ0) is 13.3. The lowest BCUT2D eigenvalue weighted by Gasteiger charge is -2.06. The molecule has 5 heteroatoms. The average molecular weight is 376 g/mol. The van der Waals surface area contributed by atoms with Crippen LogP contribution in [0.2, 0.25) is 0 Å². The molecule has 0 radical (unpaired) electrons. The lowest BCUT2D eigenvalue weighted by atomic mass is 10.0. The molecule has 2 aromatic rings. The van der Waals surface area contributed by atoms with Gasteiger partial charge >= 0.3 is 0 Å². The smallest absolute Gasteiger partial charge is 0.198 e. The monoisotopic (exact) mass is 374 g/mol. The molecule has 1 nitrogen and oxygen atoms in total. The first-order valence-electron chi connectivity index (χ1n) is 4.95. The summed E-state index contributed by atoms with van der Waals surface area (Å²) in [4.78, 5) is 12.1. The Labute approximate surface area is 119 Å². The average Bonchev–Trinajstić information content (AvgIpc) is 2.35. The number of carbonyl (C=O) groups is 1. The van der Waals surface area contributed by atoms with Gasteiger partial charge in [0.2, 0.25) is 0 Å². The molecule has 0 aliphatic heterocycles. The minimum Gasteiger partial charge on any atom is -0.288 e. The van der Waals surface area contributed by atoms with Crippen molar-refractivity contribution >= 4 is 37.6 Å². The van der Waals surface area contributed by atoms with E-state index in [9.17, 15) is 13.6 Å². The maximum absolute atomic E-state index is 13.8. The normalized spacial score (nSPS) is 10.4. The van der Waals surface area contributed by atoms with E-state index in [2.05, 4.69) is 31.9 Å². The molecular formula is C13H6Br2F2O. The first kappa shape index (κ1) is 13.4. The first-order chi connectivity index (χ1) is 8.52. The van der Waals surface area contributed by atoms with Crippen LogP contribution in [-0.2, 0) is 0 Å². The Morgan fingerprint density at radius 3 is 1.61 bits per heavy atom. The van der Waals surface area contributed by atoms with Gasteiger partial charge in [-0.3, -0.25) is 4.79 Å². The van der Waals surface area contributed by atoms with Crippen LogP contribution >= 0.6 is 31.9 Å². The quantitative estimate of drug-likeness (QED) is 0.694. The minimum absolute atomic E-state index is 0.165. The van der Waals surface area contributed by atoms with E-state index in [4.69, 9.17) is 0 Å². The van der Waals surface area contributed by atoms with Crippen molar-refractivity contribution < 1.29 is 13.6 Å². The summed E-state index contributed by atoms with van der Waals surface area (Å²) in [5, 5.41) is 0. The maximum Gasteiger partial charge on any atom is 0.198 e. The van der Waals surface area contributed by atoms with Crippen LogP contribution in [-0.4, -0.2) is 5.78 Å². The molecule has 0 saturated heterocycles. The molecule has 0 aliphatic rings. The molecule has 0 N–H and O–H groups in total. The molecular weight excluding hydrogens is 370 g/mol. The molecule has 0 unspecified atom stereocenters. The SMILES string of the molecule is O=C(c1cccc(Br)c1F)c1cccc(Br)c1F. The number of carbonyl (C=O) groups excluding carboxylic acids is 1. The third-order valence-corrected chi connectivity index (χ3v) is 3.62. The van der Waals surface area contributed by atoms with Crippen molar-refractivity contribution in [3.05, 3.63) is 68.1 Å². The van der Waals surface area contributed by atoms with Gasteiger partial charge < -0.3 is 0 Å². The van der Waals surface area contributed by atoms with Gasteiger partial charge in [0.15, 0.2) is 5.78 Å². The Balaban J connectivity index is 2.55. The van der Waals surface area contributed by atoms with Gasteiger partial charge in [-0.15, -0.1) is 0 Å². The Hall–Kier alpha value is -1.07.